The van der Waals surface area contributed by atoms with Crippen LogP contribution >= 0.6 is 0 Å². The molecule has 0 aliphatic heterocycles. The molecule has 0 aliphatic rings. The summed E-state index contributed by atoms with van der Waals surface area (Å²) in [6.45, 7) is 0. The van der Waals surface area contributed by atoms with Crippen LogP contribution in [0, 0.1) is 0 Å². The Hall–Kier alpha value is -2.39. The van der Waals surface area contributed by atoms with E-state index in [0.717, 1.165) is 6.42 Å². The summed E-state index contributed by atoms with van der Waals surface area (Å²) in [6.07, 6.45) is 4.59. The molecule has 2 unspecified atom stereocenters. The third-order valence-corrected chi connectivity index (χ3v) is 3.67. The average molecular weight is 277 g/mol. The number of benzene rings is 2. The number of hydrogen-bond donors (Lipinski definition) is 1. The van der Waals surface area contributed by atoms with Crippen molar-refractivity contribution in [2.45, 2.75) is 18.5 Å². The van der Waals surface area contributed by atoms with Gasteiger partial charge in [0.2, 0.25) is 0 Å². The SMILES string of the molecule is NC(Cc1ccccc1)C(c1ccccc1)n1cccn1. The van der Waals surface area contributed by atoms with Crippen LogP contribution in [-0.2, 0) is 6.42 Å². The van der Waals surface area contributed by atoms with Gasteiger partial charge in [-0.2, -0.15) is 5.10 Å². The van der Waals surface area contributed by atoms with Gasteiger partial charge in [-0.05, 0) is 23.6 Å². The van der Waals surface area contributed by atoms with Gasteiger partial charge in [0.15, 0.2) is 0 Å². The van der Waals surface area contributed by atoms with Crippen LogP contribution in [0.25, 0.3) is 0 Å². The molecule has 0 radical (unpaired) electrons. The number of hydrogen-bond acceptors (Lipinski definition) is 2. The second kappa shape index (κ2) is 6.37. The Labute approximate surface area is 125 Å². The van der Waals surface area contributed by atoms with Gasteiger partial charge >= 0.3 is 0 Å². The second-order valence-electron chi connectivity index (χ2n) is 5.20. The lowest BCUT2D eigenvalue weighted by atomic mass is 9.94. The number of nitrogens with two attached hydrogens (primary N) is 1. The molecule has 1 aromatic heterocycles. The van der Waals surface area contributed by atoms with Crippen LogP contribution in [-0.4, -0.2) is 15.8 Å². The molecule has 106 valence electrons. The van der Waals surface area contributed by atoms with Crippen LogP contribution in [0.2, 0.25) is 0 Å². The first kappa shape index (κ1) is 13.6. The highest BCUT2D eigenvalue weighted by Crippen LogP contribution is 2.22. The first-order chi connectivity index (χ1) is 10.3. The maximum absolute atomic E-state index is 6.51. The maximum atomic E-state index is 6.51. The molecule has 3 nitrogen and oxygen atoms in total. The molecule has 0 amide bonds. The van der Waals surface area contributed by atoms with E-state index < -0.39 is 0 Å². The van der Waals surface area contributed by atoms with Crippen LogP contribution in [0.15, 0.2) is 79.1 Å². The van der Waals surface area contributed by atoms with E-state index in [1.807, 2.05) is 53.3 Å². The Morgan fingerprint density at radius 3 is 2.19 bits per heavy atom. The van der Waals surface area contributed by atoms with Crippen LogP contribution in [0.3, 0.4) is 0 Å². The molecule has 0 bridgehead atoms. The van der Waals surface area contributed by atoms with Gasteiger partial charge in [0.25, 0.3) is 0 Å². The van der Waals surface area contributed by atoms with E-state index in [1.165, 1.54) is 11.1 Å². The van der Waals surface area contributed by atoms with Crippen molar-refractivity contribution in [1.29, 1.82) is 0 Å². The zero-order valence-corrected chi connectivity index (χ0v) is 11.8. The highest BCUT2D eigenvalue weighted by Gasteiger charge is 2.22. The van der Waals surface area contributed by atoms with Crippen molar-refractivity contribution in [1.82, 2.24) is 9.78 Å². The van der Waals surface area contributed by atoms with E-state index in [1.54, 1.807) is 6.20 Å². The summed E-state index contributed by atoms with van der Waals surface area (Å²) in [6, 6.07) is 22.6. The molecule has 21 heavy (non-hydrogen) atoms. The maximum Gasteiger partial charge on any atom is 0.0922 e. The molecular formula is C18H19N3. The van der Waals surface area contributed by atoms with Gasteiger partial charge in [-0.3, -0.25) is 4.68 Å². The van der Waals surface area contributed by atoms with E-state index >= 15 is 0 Å². The van der Waals surface area contributed by atoms with E-state index in [2.05, 4.69) is 29.4 Å². The molecular weight excluding hydrogens is 258 g/mol. The highest BCUT2D eigenvalue weighted by atomic mass is 15.3. The van der Waals surface area contributed by atoms with Crippen molar-refractivity contribution >= 4 is 0 Å². The summed E-state index contributed by atoms with van der Waals surface area (Å²) in [7, 11) is 0. The van der Waals surface area contributed by atoms with Crippen LogP contribution in [0.1, 0.15) is 17.2 Å². The zero-order chi connectivity index (χ0) is 14.5. The second-order valence-corrected chi connectivity index (χ2v) is 5.20. The molecule has 3 aromatic rings. The van der Waals surface area contributed by atoms with Crippen molar-refractivity contribution in [3.8, 4) is 0 Å². The summed E-state index contributed by atoms with van der Waals surface area (Å²) in [5.41, 5.74) is 8.95. The van der Waals surface area contributed by atoms with E-state index in [4.69, 9.17) is 5.73 Å². The lowest BCUT2D eigenvalue weighted by Crippen LogP contribution is -2.35. The van der Waals surface area contributed by atoms with Crippen LogP contribution in [0.5, 0.6) is 0 Å². The molecule has 0 spiro atoms. The van der Waals surface area contributed by atoms with E-state index in [9.17, 15) is 0 Å². The molecule has 1 heterocycles. The highest BCUT2D eigenvalue weighted by molar-refractivity contribution is 5.23. The number of aromatic nitrogens is 2. The average Bonchev–Trinajstić information content (AvgIpc) is 3.03. The molecule has 2 N–H and O–H groups in total. The molecule has 0 saturated heterocycles. The van der Waals surface area contributed by atoms with Crippen molar-refractivity contribution in [3.63, 3.8) is 0 Å². The normalized spacial score (nSPS) is 13.8. The Balaban J connectivity index is 1.89. The standard InChI is InChI=1S/C18H19N3/c19-17(14-15-8-3-1-4-9-15)18(21-13-7-12-20-21)16-10-5-2-6-11-16/h1-13,17-18H,14,19H2. The third-order valence-electron chi connectivity index (χ3n) is 3.67. The van der Waals surface area contributed by atoms with Crippen LogP contribution in [0.4, 0.5) is 0 Å². The molecule has 2 atom stereocenters. The largest absolute Gasteiger partial charge is 0.325 e. The smallest absolute Gasteiger partial charge is 0.0922 e. The van der Waals surface area contributed by atoms with Crippen molar-refractivity contribution < 1.29 is 0 Å². The summed E-state index contributed by atoms with van der Waals surface area (Å²) >= 11 is 0. The fourth-order valence-electron chi connectivity index (χ4n) is 2.69. The third kappa shape index (κ3) is 3.20. The van der Waals surface area contributed by atoms with E-state index in [-0.39, 0.29) is 12.1 Å². The Morgan fingerprint density at radius 2 is 1.57 bits per heavy atom. The predicted octanol–water partition coefficient (Wildman–Crippen LogP) is 3.04. The monoisotopic (exact) mass is 277 g/mol. The van der Waals surface area contributed by atoms with Gasteiger partial charge in [0.1, 0.15) is 0 Å². The Morgan fingerprint density at radius 1 is 0.905 bits per heavy atom. The minimum Gasteiger partial charge on any atom is -0.325 e. The van der Waals surface area contributed by atoms with Gasteiger partial charge in [-0.1, -0.05) is 60.7 Å². The molecule has 2 aromatic carbocycles. The summed E-state index contributed by atoms with van der Waals surface area (Å²) in [5.74, 6) is 0. The van der Waals surface area contributed by atoms with Gasteiger partial charge < -0.3 is 5.73 Å². The van der Waals surface area contributed by atoms with Gasteiger partial charge in [0.05, 0.1) is 6.04 Å². The molecule has 0 saturated carbocycles. The lowest BCUT2D eigenvalue weighted by molar-refractivity contribution is 0.430. The molecule has 3 rings (SSSR count). The first-order valence-electron chi connectivity index (χ1n) is 7.18. The number of nitrogens with zero attached hydrogens (tertiary/aromatic N) is 2. The molecule has 3 heteroatoms. The quantitative estimate of drug-likeness (QED) is 0.779. The van der Waals surface area contributed by atoms with E-state index in [0.29, 0.717) is 0 Å². The summed E-state index contributed by atoms with van der Waals surface area (Å²) in [5, 5.41) is 4.39. The van der Waals surface area contributed by atoms with Crippen molar-refractivity contribution in [2.24, 2.45) is 5.73 Å². The minimum atomic E-state index is -0.0327. The minimum absolute atomic E-state index is 0.0327. The predicted molar refractivity (Wildman–Crippen MR) is 84.9 cm³/mol. The Kier molecular flexibility index (Phi) is 4.12. The topological polar surface area (TPSA) is 43.8 Å². The Bertz CT molecular complexity index is 647. The lowest BCUT2D eigenvalue weighted by Gasteiger charge is -2.25. The molecule has 0 aliphatic carbocycles. The van der Waals surface area contributed by atoms with Gasteiger partial charge in [-0.15, -0.1) is 0 Å². The number of rotatable bonds is 5. The van der Waals surface area contributed by atoms with Crippen molar-refractivity contribution in [2.75, 3.05) is 0 Å². The van der Waals surface area contributed by atoms with Crippen LogP contribution < -0.4 is 5.73 Å². The van der Waals surface area contributed by atoms with Crippen molar-refractivity contribution in [3.05, 3.63) is 90.3 Å². The molecule has 0 fully saturated rings. The van der Waals surface area contributed by atoms with Gasteiger partial charge in [-0.25, -0.2) is 0 Å². The fourth-order valence-corrected chi connectivity index (χ4v) is 2.69. The van der Waals surface area contributed by atoms with Gasteiger partial charge in [0, 0.05) is 18.4 Å². The first-order valence-corrected chi connectivity index (χ1v) is 7.18. The fraction of sp³-hybridized carbons (Fsp3) is 0.167. The summed E-state index contributed by atoms with van der Waals surface area (Å²) < 4.78 is 1.95. The zero-order valence-electron chi connectivity index (χ0n) is 11.8. The summed E-state index contributed by atoms with van der Waals surface area (Å²) in [4.78, 5) is 0.